The highest BCUT2D eigenvalue weighted by Gasteiger charge is 2.47. The number of unbranched alkanes of at least 4 members (excludes halogenated alkanes) is 39. The maximum atomic E-state index is 13.5. The number of rotatable bonds is 67. The van der Waals surface area contributed by atoms with E-state index < -0.39 is 67.4 Å². The maximum absolute atomic E-state index is 13.5. The number of esters is 1. The average Bonchev–Trinajstić information content (AvgIpc) is 0.843. The van der Waals surface area contributed by atoms with E-state index in [0.29, 0.717) is 12.8 Å². The van der Waals surface area contributed by atoms with E-state index in [1.807, 2.05) is 6.08 Å². The van der Waals surface area contributed by atoms with Gasteiger partial charge >= 0.3 is 5.97 Å². The molecule has 1 saturated heterocycles. The van der Waals surface area contributed by atoms with Crippen LogP contribution >= 0.6 is 0 Å². The molecule has 11 nitrogen and oxygen atoms in total. The zero-order chi connectivity index (χ0) is 67.4. The van der Waals surface area contributed by atoms with Crippen molar-refractivity contribution in [2.75, 3.05) is 13.2 Å². The first-order valence-corrected chi connectivity index (χ1v) is 39.0. The van der Waals surface area contributed by atoms with Crippen LogP contribution in [-0.2, 0) is 23.8 Å². The first kappa shape index (κ1) is 87.6. The predicted molar refractivity (Wildman–Crippen MR) is 393 cm³/mol. The number of amides is 1. The first-order chi connectivity index (χ1) is 45.7. The Hall–Kier alpha value is -3.42. The minimum atomic E-state index is -1.63. The largest absolute Gasteiger partial charge is 0.454 e. The maximum Gasteiger partial charge on any atom is 0.306 e. The molecule has 0 aromatic rings. The van der Waals surface area contributed by atoms with Gasteiger partial charge in [-0.05, 0) is 103 Å². The van der Waals surface area contributed by atoms with Crippen LogP contribution in [0.1, 0.15) is 348 Å². The Morgan fingerprint density at radius 3 is 1.17 bits per heavy atom. The van der Waals surface area contributed by atoms with Crippen LogP contribution in [0.3, 0.4) is 0 Å². The number of allylic oxidation sites excluding steroid dienone is 15. The molecule has 1 fully saturated rings. The molecule has 93 heavy (non-hydrogen) atoms. The zero-order valence-corrected chi connectivity index (χ0v) is 60.1. The fraction of sp³-hybridized carbons (Fsp3) is 0.780. The lowest BCUT2D eigenvalue weighted by atomic mass is 9.99. The third-order valence-electron chi connectivity index (χ3n) is 18.0. The van der Waals surface area contributed by atoms with Gasteiger partial charge in [-0.25, -0.2) is 0 Å². The summed E-state index contributed by atoms with van der Waals surface area (Å²) in [6, 6.07) is -1.03. The van der Waals surface area contributed by atoms with E-state index in [1.165, 1.54) is 186 Å². The molecular formula is C82H145NO10. The molecule has 0 spiro atoms. The van der Waals surface area contributed by atoms with Crippen LogP contribution < -0.4 is 5.32 Å². The average molecular weight is 1310 g/mol. The summed E-state index contributed by atoms with van der Waals surface area (Å²) in [5.41, 5.74) is 0. The molecule has 1 rings (SSSR count). The second-order valence-corrected chi connectivity index (χ2v) is 26.7. The second kappa shape index (κ2) is 68.5. The minimum absolute atomic E-state index is 0.103. The van der Waals surface area contributed by atoms with Crippen LogP contribution in [0.2, 0.25) is 0 Å². The van der Waals surface area contributed by atoms with E-state index in [4.69, 9.17) is 14.2 Å². The minimum Gasteiger partial charge on any atom is -0.454 e. The molecule has 0 aromatic heterocycles. The quantitative estimate of drug-likeness (QED) is 0.0195. The normalized spacial score (nSPS) is 18.4. The third-order valence-corrected chi connectivity index (χ3v) is 18.0. The number of carbonyl (C=O) groups excluding carboxylic acids is 2. The molecule has 0 aromatic carbocycles. The van der Waals surface area contributed by atoms with Crippen molar-refractivity contribution in [3.05, 3.63) is 97.2 Å². The lowest BCUT2D eigenvalue weighted by Crippen LogP contribution is -2.61. The predicted octanol–water partition coefficient (Wildman–Crippen LogP) is 21.0. The number of carbonyl (C=O) groups is 2. The second-order valence-electron chi connectivity index (χ2n) is 26.7. The van der Waals surface area contributed by atoms with Crippen LogP contribution in [0.15, 0.2) is 97.2 Å². The van der Waals surface area contributed by atoms with Crippen molar-refractivity contribution in [3.8, 4) is 0 Å². The van der Waals surface area contributed by atoms with Crippen LogP contribution in [0, 0.1) is 0 Å². The molecule has 0 radical (unpaired) electrons. The molecular weight excluding hydrogens is 1160 g/mol. The number of hydrogen-bond acceptors (Lipinski definition) is 10. The Bertz CT molecular complexity index is 1890. The Kier molecular flexibility index (Phi) is 64.5. The number of nitrogens with one attached hydrogen (secondary N) is 1. The molecule has 1 aliphatic heterocycles. The SMILES string of the molecule is CC/C=C\C/C=C\C/C=C\C/C=C\C/C=C\C/C=C\CCCCCCCCC(=O)OC1C(OCC(NC(=O)C(O)CCCCCCCCCCCCCCCCCC/C=C/CCCCCCCC)C(O)/C=C/CCCCCCCCCCCCC)OC(CO)C(O)C1O. The molecule has 8 unspecified atom stereocenters. The van der Waals surface area contributed by atoms with Gasteiger partial charge in [0.1, 0.15) is 24.4 Å². The fourth-order valence-corrected chi connectivity index (χ4v) is 11.9. The standard InChI is InChI=1S/C82H145NO10/c1-4-7-10-13-16-19-22-25-27-29-31-33-35-37-39-40-42-44-46-48-51-54-57-60-63-66-69-75(86)81(90)83-73(74(85)68-65-62-59-56-53-50-24-21-18-15-12-9-6-3)72-91-82-80(79(89)78(88)76(71-84)92-82)93-77(87)70-67-64-61-58-55-52-49-47-45-43-41-38-36-34-32-30-28-26-23-20-17-14-11-8-5-2/h8,11,17,20,25-28,32,34,38,41,45,47,65,68,73-76,78-80,82,84-86,88-89H,4-7,9-10,12-16,18-19,21-24,29-31,33,35-37,39-40,42-44,46,48-64,66-67,69-72H2,1-3H3,(H,83,90)/b11-8-,20-17-,27-25+,28-26-,34-32-,41-38-,47-45-,68-65+. The van der Waals surface area contributed by atoms with Gasteiger partial charge in [0.2, 0.25) is 5.91 Å². The highest BCUT2D eigenvalue weighted by molar-refractivity contribution is 5.80. The van der Waals surface area contributed by atoms with Crippen molar-refractivity contribution in [1.29, 1.82) is 0 Å². The number of aliphatic hydroxyl groups is 5. The Morgan fingerprint density at radius 1 is 0.430 bits per heavy atom. The van der Waals surface area contributed by atoms with Crippen molar-refractivity contribution >= 4 is 11.9 Å². The van der Waals surface area contributed by atoms with Crippen LogP contribution in [-0.4, -0.2) is 99.6 Å². The molecule has 1 heterocycles. The molecule has 1 amide bonds. The van der Waals surface area contributed by atoms with Crippen LogP contribution in [0.25, 0.3) is 0 Å². The van der Waals surface area contributed by atoms with E-state index in [2.05, 4.69) is 111 Å². The monoisotopic (exact) mass is 1300 g/mol. The molecule has 0 aliphatic carbocycles. The van der Waals surface area contributed by atoms with Gasteiger partial charge in [0.05, 0.1) is 25.4 Å². The highest BCUT2D eigenvalue weighted by atomic mass is 16.7. The third kappa shape index (κ3) is 55.3. The summed E-state index contributed by atoms with van der Waals surface area (Å²) in [6.45, 7) is 5.71. The highest BCUT2D eigenvalue weighted by Crippen LogP contribution is 2.26. The summed E-state index contributed by atoms with van der Waals surface area (Å²) < 4.78 is 17.7. The lowest BCUT2D eigenvalue weighted by Gasteiger charge is -2.41. The number of hydrogen-bond donors (Lipinski definition) is 6. The van der Waals surface area contributed by atoms with Crippen molar-refractivity contribution in [3.63, 3.8) is 0 Å². The van der Waals surface area contributed by atoms with Gasteiger partial charge in [0.25, 0.3) is 0 Å². The van der Waals surface area contributed by atoms with E-state index in [0.717, 1.165) is 116 Å². The van der Waals surface area contributed by atoms with Gasteiger partial charge in [-0.1, -0.05) is 336 Å². The number of ether oxygens (including phenoxy) is 3. The molecule has 0 saturated carbocycles. The van der Waals surface area contributed by atoms with E-state index in [-0.39, 0.29) is 19.4 Å². The molecule has 0 bridgehead atoms. The Balaban J connectivity index is 2.54. The van der Waals surface area contributed by atoms with Crippen LogP contribution in [0.5, 0.6) is 0 Å². The van der Waals surface area contributed by atoms with Crippen LogP contribution in [0.4, 0.5) is 0 Å². The summed E-state index contributed by atoms with van der Waals surface area (Å²) in [7, 11) is 0. The van der Waals surface area contributed by atoms with Gasteiger partial charge in [0, 0.05) is 6.42 Å². The van der Waals surface area contributed by atoms with Gasteiger partial charge in [-0.2, -0.15) is 0 Å². The van der Waals surface area contributed by atoms with Crippen molar-refractivity contribution in [1.82, 2.24) is 5.32 Å². The fourth-order valence-electron chi connectivity index (χ4n) is 11.9. The van der Waals surface area contributed by atoms with Gasteiger partial charge < -0.3 is 45.1 Å². The molecule has 1 aliphatic rings. The molecule has 6 N–H and O–H groups in total. The Morgan fingerprint density at radius 2 is 0.774 bits per heavy atom. The molecule has 11 heteroatoms. The first-order valence-electron chi connectivity index (χ1n) is 39.0. The van der Waals surface area contributed by atoms with E-state index in [9.17, 15) is 35.1 Å². The summed E-state index contributed by atoms with van der Waals surface area (Å²) in [5, 5.41) is 57.4. The van der Waals surface area contributed by atoms with Crippen molar-refractivity contribution in [2.24, 2.45) is 0 Å². The summed E-state index contributed by atoms with van der Waals surface area (Å²) in [4.78, 5) is 26.8. The Labute approximate surface area is 571 Å². The summed E-state index contributed by atoms with van der Waals surface area (Å²) >= 11 is 0. The van der Waals surface area contributed by atoms with Crippen molar-refractivity contribution in [2.45, 2.75) is 397 Å². The van der Waals surface area contributed by atoms with Crippen molar-refractivity contribution < 1.29 is 49.3 Å². The topological polar surface area (TPSA) is 175 Å². The van der Waals surface area contributed by atoms with E-state index >= 15 is 0 Å². The zero-order valence-electron chi connectivity index (χ0n) is 60.1. The van der Waals surface area contributed by atoms with Gasteiger partial charge in [-0.15, -0.1) is 0 Å². The van der Waals surface area contributed by atoms with Gasteiger partial charge in [0.15, 0.2) is 12.4 Å². The molecule has 8 atom stereocenters. The lowest BCUT2D eigenvalue weighted by molar-refractivity contribution is -0.305. The summed E-state index contributed by atoms with van der Waals surface area (Å²) in [5.74, 6) is -1.20. The smallest absolute Gasteiger partial charge is 0.306 e. The summed E-state index contributed by atoms with van der Waals surface area (Å²) in [6.07, 6.45) is 83.1. The van der Waals surface area contributed by atoms with E-state index in [1.54, 1.807) is 6.08 Å². The number of aliphatic hydroxyl groups excluding tert-OH is 5. The van der Waals surface area contributed by atoms with Gasteiger partial charge in [-0.3, -0.25) is 9.59 Å². The molecule has 538 valence electrons.